The minimum atomic E-state index is -0.407. The van der Waals surface area contributed by atoms with E-state index in [0.717, 1.165) is 43.9 Å². The van der Waals surface area contributed by atoms with Crippen molar-refractivity contribution in [3.8, 4) is 0 Å². The van der Waals surface area contributed by atoms with Crippen LogP contribution in [-0.2, 0) is 15.9 Å². The summed E-state index contributed by atoms with van der Waals surface area (Å²) in [5.74, 6) is -0.201. The molecule has 1 aliphatic heterocycles. The summed E-state index contributed by atoms with van der Waals surface area (Å²) in [6, 6.07) is 3.91. The van der Waals surface area contributed by atoms with Crippen LogP contribution >= 0.6 is 0 Å². The molecule has 3 rings (SSSR count). The molecule has 6 nitrogen and oxygen atoms in total. The largest absolute Gasteiger partial charge is 0.465 e. The monoisotopic (exact) mass is 359 g/mol. The molecule has 0 radical (unpaired) electrons. The Morgan fingerprint density at radius 1 is 1.31 bits per heavy atom. The lowest BCUT2D eigenvalue weighted by molar-refractivity contribution is 0.0601. The van der Waals surface area contributed by atoms with Crippen molar-refractivity contribution in [3.05, 3.63) is 29.0 Å². The normalized spacial score (nSPS) is 15.2. The molecule has 1 aliphatic rings. The van der Waals surface area contributed by atoms with E-state index in [2.05, 4.69) is 11.8 Å². The highest BCUT2D eigenvalue weighted by Crippen LogP contribution is 2.36. The summed E-state index contributed by atoms with van der Waals surface area (Å²) >= 11 is 0. The molecule has 1 aromatic heterocycles. The second-order valence-electron chi connectivity index (χ2n) is 6.40. The van der Waals surface area contributed by atoms with E-state index in [1.165, 1.54) is 7.11 Å². The third-order valence-electron chi connectivity index (χ3n) is 5.07. The van der Waals surface area contributed by atoms with Crippen LogP contribution in [0.4, 0.5) is 5.69 Å². The number of fused-ring (bicyclic) bond motifs is 1. The van der Waals surface area contributed by atoms with Gasteiger partial charge in [-0.15, -0.1) is 0 Å². The molecule has 0 unspecified atom stereocenters. The van der Waals surface area contributed by atoms with Crippen LogP contribution in [0.1, 0.15) is 53.2 Å². The molecule has 0 atom stereocenters. The van der Waals surface area contributed by atoms with Gasteiger partial charge in [0.15, 0.2) is 12.0 Å². The Bertz CT molecular complexity index is 804. The van der Waals surface area contributed by atoms with E-state index in [-0.39, 0.29) is 5.76 Å². The molecular weight excluding hydrogens is 334 g/mol. The Labute approximate surface area is 153 Å². The van der Waals surface area contributed by atoms with Gasteiger partial charge in [-0.25, -0.2) is 4.79 Å². The van der Waals surface area contributed by atoms with Gasteiger partial charge in [0, 0.05) is 42.9 Å². The molecule has 6 heteroatoms. The van der Waals surface area contributed by atoms with Gasteiger partial charge in [0.2, 0.25) is 0 Å². The zero-order chi connectivity index (χ0) is 18.7. The van der Waals surface area contributed by atoms with Gasteiger partial charge in [0.25, 0.3) is 0 Å². The zero-order valence-corrected chi connectivity index (χ0v) is 15.5. The van der Waals surface area contributed by atoms with Crippen LogP contribution in [0, 0.1) is 0 Å². The molecular formula is C20H25NO5. The summed E-state index contributed by atoms with van der Waals surface area (Å²) in [7, 11) is 1.37. The molecule has 2 heterocycles. The first kappa shape index (κ1) is 18.5. The highest BCUT2D eigenvalue weighted by molar-refractivity contribution is 6.07. The van der Waals surface area contributed by atoms with Crippen molar-refractivity contribution in [2.75, 3.05) is 31.8 Å². The summed E-state index contributed by atoms with van der Waals surface area (Å²) in [6.07, 6.45) is 3.22. The van der Waals surface area contributed by atoms with Crippen molar-refractivity contribution in [3.63, 3.8) is 0 Å². The number of aldehydes is 1. The van der Waals surface area contributed by atoms with E-state index in [1.807, 2.05) is 13.0 Å². The molecule has 0 saturated carbocycles. The average molecular weight is 359 g/mol. The quantitative estimate of drug-likeness (QED) is 0.580. The van der Waals surface area contributed by atoms with Gasteiger partial charge in [-0.1, -0.05) is 6.92 Å². The summed E-state index contributed by atoms with van der Waals surface area (Å²) in [4.78, 5) is 26.0. The molecule has 1 aromatic carbocycles. The first-order chi connectivity index (χ1) is 12.6. The summed E-state index contributed by atoms with van der Waals surface area (Å²) in [6.45, 7) is 6.42. The number of benzene rings is 1. The van der Waals surface area contributed by atoms with Crippen LogP contribution in [-0.4, -0.2) is 45.2 Å². The predicted molar refractivity (Wildman–Crippen MR) is 99.2 cm³/mol. The Morgan fingerprint density at radius 3 is 2.62 bits per heavy atom. The zero-order valence-electron chi connectivity index (χ0n) is 15.5. The van der Waals surface area contributed by atoms with Gasteiger partial charge < -0.3 is 18.8 Å². The van der Waals surface area contributed by atoms with Gasteiger partial charge in [0.1, 0.15) is 5.58 Å². The maximum absolute atomic E-state index is 12.6. The maximum Gasteiger partial charge on any atom is 0.338 e. The summed E-state index contributed by atoms with van der Waals surface area (Å²) in [5.41, 5.74) is 2.92. The Hall–Kier alpha value is -2.34. The highest BCUT2D eigenvalue weighted by Gasteiger charge is 2.27. The van der Waals surface area contributed by atoms with Crippen molar-refractivity contribution in [2.45, 2.75) is 39.2 Å². The number of hydrogen-bond donors (Lipinski definition) is 0. The number of anilines is 1. The van der Waals surface area contributed by atoms with Crippen molar-refractivity contribution in [1.82, 2.24) is 0 Å². The number of carbonyl (C=O) groups is 2. The first-order valence-corrected chi connectivity index (χ1v) is 9.11. The first-order valence-electron chi connectivity index (χ1n) is 9.11. The van der Waals surface area contributed by atoms with Gasteiger partial charge in [0.05, 0.1) is 12.7 Å². The molecule has 1 fully saturated rings. The van der Waals surface area contributed by atoms with Crippen LogP contribution in [0.5, 0.6) is 0 Å². The lowest BCUT2D eigenvalue weighted by Crippen LogP contribution is -2.40. The number of esters is 1. The fraction of sp³-hybridized carbons (Fsp3) is 0.500. The summed E-state index contributed by atoms with van der Waals surface area (Å²) in [5, 5.41) is 0.627. The van der Waals surface area contributed by atoms with Crippen LogP contribution < -0.4 is 4.90 Å². The number of hydrogen-bond acceptors (Lipinski definition) is 6. The van der Waals surface area contributed by atoms with Crippen molar-refractivity contribution in [2.24, 2.45) is 0 Å². The fourth-order valence-corrected chi connectivity index (χ4v) is 3.86. The van der Waals surface area contributed by atoms with Gasteiger partial charge >= 0.3 is 5.97 Å². The van der Waals surface area contributed by atoms with E-state index in [9.17, 15) is 9.59 Å². The third-order valence-corrected chi connectivity index (χ3v) is 5.07. The van der Waals surface area contributed by atoms with Crippen LogP contribution in [0.3, 0.4) is 0 Å². The average Bonchev–Trinajstić information content (AvgIpc) is 3.10. The van der Waals surface area contributed by atoms with Crippen LogP contribution in [0.2, 0.25) is 0 Å². The Morgan fingerprint density at radius 2 is 2.04 bits per heavy atom. The van der Waals surface area contributed by atoms with Gasteiger partial charge in [-0.2, -0.15) is 0 Å². The van der Waals surface area contributed by atoms with Gasteiger partial charge in [-0.3, -0.25) is 4.79 Å². The lowest BCUT2D eigenvalue weighted by atomic mass is 9.96. The molecule has 0 amide bonds. The highest BCUT2D eigenvalue weighted by atomic mass is 16.5. The predicted octanol–water partition coefficient (Wildman–Crippen LogP) is 3.60. The standard InChI is InChI=1S/C20H25NO5/c1-4-15-17(21(5-2)13-6-8-25-9-7-13)11-18-16(10-14(12-22)26-18)19(15)20(23)24-3/h10-13H,4-9H2,1-3H3. The lowest BCUT2D eigenvalue weighted by Gasteiger charge is -2.36. The molecule has 26 heavy (non-hydrogen) atoms. The Balaban J connectivity index is 2.22. The van der Waals surface area contributed by atoms with E-state index in [1.54, 1.807) is 6.07 Å². The topological polar surface area (TPSA) is 69.0 Å². The summed E-state index contributed by atoms with van der Waals surface area (Å²) < 4.78 is 16.2. The molecule has 0 spiro atoms. The number of methoxy groups -OCH3 is 1. The molecule has 140 valence electrons. The molecule has 0 N–H and O–H groups in total. The van der Waals surface area contributed by atoms with E-state index in [0.29, 0.717) is 35.3 Å². The smallest absolute Gasteiger partial charge is 0.338 e. The van der Waals surface area contributed by atoms with Crippen molar-refractivity contribution >= 4 is 28.9 Å². The second-order valence-corrected chi connectivity index (χ2v) is 6.40. The molecule has 2 aromatic rings. The van der Waals surface area contributed by atoms with E-state index < -0.39 is 5.97 Å². The number of furan rings is 1. The number of carbonyl (C=O) groups excluding carboxylic acids is 2. The number of nitrogens with zero attached hydrogens (tertiary/aromatic N) is 1. The maximum atomic E-state index is 12.6. The minimum absolute atomic E-state index is 0.207. The van der Waals surface area contributed by atoms with Crippen molar-refractivity contribution in [1.29, 1.82) is 0 Å². The molecule has 1 saturated heterocycles. The molecule has 0 bridgehead atoms. The Kier molecular flexibility index (Phi) is 5.61. The minimum Gasteiger partial charge on any atom is -0.465 e. The fourth-order valence-electron chi connectivity index (χ4n) is 3.86. The van der Waals surface area contributed by atoms with Gasteiger partial charge in [-0.05, 0) is 37.8 Å². The molecule has 0 aliphatic carbocycles. The third kappa shape index (κ3) is 3.21. The van der Waals surface area contributed by atoms with Crippen LogP contribution in [0.15, 0.2) is 16.5 Å². The van der Waals surface area contributed by atoms with E-state index >= 15 is 0 Å². The van der Waals surface area contributed by atoms with Crippen molar-refractivity contribution < 1.29 is 23.5 Å². The number of rotatable bonds is 6. The van der Waals surface area contributed by atoms with Crippen LogP contribution in [0.25, 0.3) is 11.0 Å². The second kappa shape index (κ2) is 7.91. The van der Waals surface area contributed by atoms with E-state index in [4.69, 9.17) is 13.9 Å². The SMILES string of the molecule is CCc1c(N(CC)C2CCOCC2)cc2oc(C=O)cc2c1C(=O)OC. The number of ether oxygens (including phenoxy) is 2.